The van der Waals surface area contributed by atoms with Crippen LogP contribution in [0.4, 0.5) is 0 Å². The summed E-state index contributed by atoms with van der Waals surface area (Å²) >= 11 is -7.51. The van der Waals surface area contributed by atoms with Crippen LogP contribution in [0.15, 0.2) is 243 Å². The molecule has 0 amide bonds. The number of allylic oxidation sites excluding steroid dienone is 2. The predicted octanol–water partition coefficient (Wildman–Crippen LogP) is 12.9. The minimum absolute atomic E-state index is 0.532. The molecule has 0 bridgehead atoms. The molecule has 4 nitrogen and oxygen atoms in total. The summed E-state index contributed by atoms with van der Waals surface area (Å²) in [6.07, 6.45) is 8.50. The molecule has 8 aromatic rings. The van der Waals surface area contributed by atoms with E-state index in [1.807, 2.05) is 206 Å². The molecule has 10 rings (SSSR count). The molecule has 2 unspecified atom stereocenters. The summed E-state index contributed by atoms with van der Waals surface area (Å²) in [7, 11) is 1.68. The van der Waals surface area contributed by atoms with Crippen LogP contribution in [0.25, 0.3) is 12.2 Å². The Kier molecular flexibility index (Phi) is 9.83. The Morgan fingerprint density at radius 3 is 0.864 bits per heavy atom. The second kappa shape index (κ2) is 15.1. The van der Waals surface area contributed by atoms with Crippen LogP contribution < -0.4 is 0 Å². The third-order valence-electron chi connectivity index (χ3n) is 15.1. The van der Waals surface area contributed by atoms with Crippen LogP contribution in [0.1, 0.15) is 64.1 Å². The van der Waals surface area contributed by atoms with Gasteiger partial charge in [-0.2, -0.15) is 0 Å². The molecule has 2 atom stereocenters. The van der Waals surface area contributed by atoms with Gasteiger partial charge >= 0.3 is 388 Å². The fourth-order valence-corrected chi connectivity index (χ4v) is 27.8. The first kappa shape index (κ1) is 43.0. The number of hydrogen-bond acceptors (Lipinski definition) is 4. The number of fused-ring (bicyclic) bond motifs is 2. The molecule has 0 saturated heterocycles. The molecule has 0 N–H and O–H groups in total. The van der Waals surface area contributed by atoms with Crippen molar-refractivity contribution in [3.05, 3.63) is 298 Å². The molecule has 0 aliphatic heterocycles. The van der Waals surface area contributed by atoms with Crippen molar-refractivity contribution in [2.24, 2.45) is 0 Å². The van der Waals surface area contributed by atoms with E-state index in [1.54, 1.807) is 7.63 Å². The van der Waals surface area contributed by atoms with Crippen LogP contribution in [0.5, 0.6) is 0 Å². The summed E-state index contributed by atoms with van der Waals surface area (Å²) in [4.78, 5) is 34.5. The van der Waals surface area contributed by atoms with Gasteiger partial charge in [0, 0.05) is 0 Å². The van der Waals surface area contributed by atoms with Crippen molar-refractivity contribution in [2.45, 2.75) is 29.7 Å². The van der Waals surface area contributed by atoms with Crippen molar-refractivity contribution in [2.75, 3.05) is 0 Å². The maximum atomic E-state index is 17.3. The van der Waals surface area contributed by atoms with Gasteiger partial charge in [0.15, 0.2) is 0 Å². The first-order valence-corrected chi connectivity index (χ1v) is 33.0. The van der Waals surface area contributed by atoms with Gasteiger partial charge in [-0.15, -0.1) is 0 Å². The normalized spacial score (nSPS) is 17.0. The van der Waals surface area contributed by atoms with Crippen molar-refractivity contribution in [1.82, 2.24) is 0 Å². The Balaban J connectivity index is 1.36. The zero-order valence-electron chi connectivity index (χ0n) is 37.2. The van der Waals surface area contributed by atoms with Gasteiger partial charge in [0.2, 0.25) is 0 Å². The van der Waals surface area contributed by atoms with E-state index in [4.69, 9.17) is 6.64 Å². The van der Waals surface area contributed by atoms with Crippen LogP contribution in [-0.4, -0.2) is 19.6 Å². The number of benzene rings is 8. The van der Waals surface area contributed by atoms with Gasteiger partial charge in [0.25, 0.3) is 0 Å². The van der Waals surface area contributed by atoms with E-state index >= 15 is 9.59 Å². The molecule has 0 fully saturated rings. The van der Waals surface area contributed by atoms with Gasteiger partial charge in [-0.3, -0.25) is 0 Å². The third kappa shape index (κ3) is 6.29. The van der Waals surface area contributed by atoms with Gasteiger partial charge in [-0.05, 0) is 0 Å². The summed E-state index contributed by atoms with van der Waals surface area (Å²) in [6.45, 7) is 0. The number of carbonyl (C=O) groups is 2. The van der Waals surface area contributed by atoms with Crippen molar-refractivity contribution in [3.63, 3.8) is 0 Å². The predicted molar refractivity (Wildman–Crippen MR) is 267 cm³/mol. The molecule has 6 heteroatoms. The topological polar surface area (TPSA) is 52.6 Å². The summed E-state index contributed by atoms with van der Waals surface area (Å²) in [5, 5.41) is 4.16. The second-order valence-corrected chi connectivity index (χ2v) is 48.5. The van der Waals surface area contributed by atoms with Crippen molar-refractivity contribution < 1.29 is 28.5 Å². The summed E-state index contributed by atoms with van der Waals surface area (Å²) in [5.41, 5.74) is 5.13. The first-order valence-electron chi connectivity index (χ1n) is 22.8. The maximum absolute atomic E-state index is 17.3. The zero-order chi connectivity index (χ0) is 45.6. The molecule has 2 aliphatic rings. The standard InChI is InChI=1S/2C20H16O2.2C9H7.2CH3.H2Si.Ti/c2*21-19(22)20(16-10-4-1-5-11-16,17-12-6-2-7-13-17)18-14-8-3-9-15-18;2*1-2-5-9-7-3-6-8(9)4-1;;;;/h2*1-15H,(H,21,22);2*1-7H;2*1H3;1H2;/q;;;;;;;+2/p-2. The molecule has 2 aliphatic carbocycles. The van der Waals surface area contributed by atoms with Crippen LogP contribution in [0.3, 0.4) is 0 Å². The van der Waals surface area contributed by atoms with Crippen LogP contribution in [0, 0.1) is 0 Å². The molecular formula is C60H52O4SiTi. The monoisotopic (exact) mass is 912 g/mol. The molecule has 0 saturated carbocycles. The number of hydrogen-bond donors (Lipinski definition) is 0. The van der Waals surface area contributed by atoms with Gasteiger partial charge in [0.1, 0.15) is 0 Å². The van der Waals surface area contributed by atoms with Crippen molar-refractivity contribution in [3.8, 4) is 0 Å². The Bertz CT molecular complexity index is 2910. The number of rotatable bonds is 12. The quantitative estimate of drug-likeness (QED) is 0.0905. The first-order chi connectivity index (χ1) is 31.9. The summed E-state index contributed by atoms with van der Waals surface area (Å²) in [6, 6.07) is 75.7. The average Bonchev–Trinajstić information content (AvgIpc) is 4.02. The van der Waals surface area contributed by atoms with E-state index in [9.17, 15) is 0 Å². The minimum atomic E-state index is -7.51. The zero-order valence-corrected chi connectivity index (χ0v) is 40.2. The van der Waals surface area contributed by atoms with Gasteiger partial charge < -0.3 is 0 Å². The Morgan fingerprint density at radius 2 is 0.606 bits per heavy atom. The fraction of sp³-hybridized carbons (Fsp3) is 0.100. The third-order valence-corrected chi connectivity index (χ3v) is 32.7. The second-order valence-electron chi connectivity index (χ2n) is 20.0. The molecule has 0 radical (unpaired) electrons. The van der Waals surface area contributed by atoms with Crippen LogP contribution in [0.2, 0.25) is 10.5 Å². The van der Waals surface area contributed by atoms with E-state index in [2.05, 4.69) is 59.0 Å². The fourth-order valence-electron chi connectivity index (χ4n) is 11.8. The van der Waals surface area contributed by atoms with E-state index in [0.717, 1.165) is 55.6 Å². The molecule has 66 heavy (non-hydrogen) atoms. The van der Waals surface area contributed by atoms with E-state index in [1.165, 1.54) is 0 Å². The van der Waals surface area contributed by atoms with Gasteiger partial charge in [0.05, 0.1) is 0 Å². The van der Waals surface area contributed by atoms with E-state index in [0.29, 0.717) is 0 Å². The molecule has 324 valence electrons. The Labute approximate surface area is 385 Å². The van der Waals surface area contributed by atoms with Gasteiger partial charge in [-0.1, -0.05) is 0 Å². The van der Waals surface area contributed by atoms with Crippen LogP contribution in [-0.2, 0) is 39.3 Å². The molecule has 8 aromatic carbocycles. The van der Waals surface area contributed by atoms with E-state index in [-0.39, 0.29) is 0 Å². The number of carbonyl (C=O) groups excluding carboxylic acids is 2. The Hall–Kier alpha value is -6.89. The summed E-state index contributed by atoms with van der Waals surface area (Å²) in [5.74, 6) is -1.06. The van der Waals surface area contributed by atoms with E-state index < -0.39 is 43.5 Å². The van der Waals surface area contributed by atoms with Crippen molar-refractivity contribution in [1.29, 1.82) is 0 Å². The molecule has 0 heterocycles. The summed E-state index contributed by atoms with van der Waals surface area (Å²) < 4.78 is 15.2. The SMILES string of the molecule is [CH3][Ti]([CH3])(=[SiH2])([O]C(=O)C(c1ccccc1)(c1ccccc1)c1ccccc1)([O]C(=O)C(c1ccccc1)(c1ccccc1)c1ccccc1)([CH]1C=Cc2ccccc21)[CH]1C=Cc2ccccc21. The van der Waals surface area contributed by atoms with Crippen molar-refractivity contribution >= 4 is 31.7 Å². The molecule has 0 aromatic heterocycles. The Morgan fingerprint density at radius 1 is 0.379 bits per heavy atom. The molecule has 0 spiro atoms. The van der Waals surface area contributed by atoms with Crippen LogP contribution >= 0.6 is 0 Å². The molecular weight excluding hydrogens is 861 g/mol. The average molecular weight is 913 g/mol. The van der Waals surface area contributed by atoms with Gasteiger partial charge in [-0.25, -0.2) is 0 Å².